The molecule has 0 bridgehead atoms. The van der Waals surface area contributed by atoms with Gasteiger partial charge in [0.2, 0.25) is 0 Å². The van der Waals surface area contributed by atoms with E-state index in [1.807, 2.05) is 24.3 Å². The third-order valence-electron chi connectivity index (χ3n) is 2.47. The van der Waals surface area contributed by atoms with E-state index in [4.69, 9.17) is 10.8 Å². The molecule has 0 atom stereocenters. The Morgan fingerprint density at radius 2 is 2.12 bits per heavy atom. The summed E-state index contributed by atoms with van der Waals surface area (Å²) in [5, 5.41) is 13.9. The number of aliphatic hydroxyl groups is 1. The summed E-state index contributed by atoms with van der Waals surface area (Å²) < 4.78 is 0. The second-order valence-electron chi connectivity index (χ2n) is 3.61. The topological polar surface area (TPSA) is 71.2 Å². The zero-order chi connectivity index (χ0) is 11.4. The fourth-order valence-corrected chi connectivity index (χ4v) is 1.66. The lowest BCUT2D eigenvalue weighted by Crippen LogP contribution is -2.05. The number of rotatable bonds is 4. The number of pyridine rings is 1. The van der Waals surface area contributed by atoms with Gasteiger partial charge >= 0.3 is 0 Å². The number of anilines is 2. The number of hydrogen-bond donors (Lipinski definition) is 3. The maximum Gasteiger partial charge on any atom is 0.133 e. The van der Waals surface area contributed by atoms with Crippen LogP contribution in [0.25, 0.3) is 10.8 Å². The first-order chi connectivity index (χ1) is 7.83. The highest BCUT2D eigenvalue weighted by molar-refractivity contribution is 5.99. The van der Waals surface area contributed by atoms with Gasteiger partial charge in [-0.2, -0.15) is 0 Å². The first-order valence-corrected chi connectivity index (χ1v) is 5.31. The standard InChI is InChI=1S/C12H15N3O/c13-11-4-1-3-10-9(11)5-7-15-12(10)14-6-2-8-16/h1,3-5,7,16H,2,6,8,13H2,(H,14,15). The molecule has 1 aromatic carbocycles. The second kappa shape index (κ2) is 4.81. The van der Waals surface area contributed by atoms with Crippen LogP contribution >= 0.6 is 0 Å². The summed E-state index contributed by atoms with van der Waals surface area (Å²) >= 11 is 0. The van der Waals surface area contributed by atoms with Crippen LogP contribution in [0.15, 0.2) is 30.5 Å². The number of nitrogens with one attached hydrogen (secondary N) is 1. The molecule has 4 nitrogen and oxygen atoms in total. The molecular formula is C12H15N3O. The molecule has 2 aromatic rings. The molecule has 4 N–H and O–H groups in total. The lowest BCUT2D eigenvalue weighted by atomic mass is 10.1. The SMILES string of the molecule is Nc1cccc2c(NCCCO)nccc12. The van der Waals surface area contributed by atoms with E-state index in [9.17, 15) is 0 Å². The minimum atomic E-state index is 0.180. The summed E-state index contributed by atoms with van der Waals surface area (Å²) in [6.07, 6.45) is 2.44. The van der Waals surface area contributed by atoms with Gasteiger partial charge in [0.25, 0.3) is 0 Å². The lowest BCUT2D eigenvalue weighted by Gasteiger charge is -2.08. The Bertz CT molecular complexity index is 485. The quantitative estimate of drug-likeness (QED) is 0.537. The fraction of sp³-hybridized carbons (Fsp3) is 0.250. The van der Waals surface area contributed by atoms with Crippen LogP contribution in [0.4, 0.5) is 11.5 Å². The average Bonchev–Trinajstić information content (AvgIpc) is 2.31. The van der Waals surface area contributed by atoms with Crippen LogP contribution in [0, 0.1) is 0 Å². The van der Waals surface area contributed by atoms with E-state index >= 15 is 0 Å². The molecule has 16 heavy (non-hydrogen) atoms. The molecule has 0 aliphatic rings. The summed E-state index contributed by atoms with van der Waals surface area (Å²) in [4.78, 5) is 4.27. The van der Waals surface area contributed by atoms with Crippen LogP contribution in [-0.2, 0) is 0 Å². The Hall–Kier alpha value is -1.81. The van der Waals surface area contributed by atoms with Crippen molar-refractivity contribution in [3.63, 3.8) is 0 Å². The van der Waals surface area contributed by atoms with Crippen molar-refractivity contribution in [3.8, 4) is 0 Å². The van der Waals surface area contributed by atoms with Gasteiger partial charge in [-0.15, -0.1) is 0 Å². The van der Waals surface area contributed by atoms with Crippen molar-refractivity contribution in [1.82, 2.24) is 4.98 Å². The van der Waals surface area contributed by atoms with Crippen molar-refractivity contribution in [3.05, 3.63) is 30.5 Å². The van der Waals surface area contributed by atoms with Gasteiger partial charge in [-0.05, 0) is 18.6 Å². The Morgan fingerprint density at radius 1 is 1.25 bits per heavy atom. The molecule has 0 aliphatic carbocycles. The molecule has 0 saturated carbocycles. The highest BCUT2D eigenvalue weighted by Crippen LogP contribution is 2.25. The Labute approximate surface area is 94.1 Å². The van der Waals surface area contributed by atoms with Crippen molar-refractivity contribution >= 4 is 22.3 Å². The third kappa shape index (κ3) is 2.06. The van der Waals surface area contributed by atoms with Gasteiger partial charge in [0.15, 0.2) is 0 Å². The number of hydrogen-bond acceptors (Lipinski definition) is 4. The van der Waals surface area contributed by atoms with Crippen LogP contribution in [0.1, 0.15) is 6.42 Å². The summed E-state index contributed by atoms with van der Waals surface area (Å²) in [6, 6.07) is 7.68. The molecule has 0 unspecified atom stereocenters. The van der Waals surface area contributed by atoms with E-state index in [0.717, 1.165) is 22.3 Å². The second-order valence-corrected chi connectivity index (χ2v) is 3.61. The van der Waals surface area contributed by atoms with E-state index in [-0.39, 0.29) is 6.61 Å². The van der Waals surface area contributed by atoms with E-state index in [0.29, 0.717) is 13.0 Å². The predicted molar refractivity (Wildman–Crippen MR) is 66.3 cm³/mol. The molecule has 4 heteroatoms. The van der Waals surface area contributed by atoms with E-state index in [1.54, 1.807) is 6.20 Å². The number of nitrogen functional groups attached to an aromatic ring is 1. The van der Waals surface area contributed by atoms with Gasteiger partial charge < -0.3 is 16.2 Å². The Balaban J connectivity index is 2.34. The smallest absolute Gasteiger partial charge is 0.133 e. The van der Waals surface area contributed by atoms with Crippen molar-refractivity contribution in [2.45, 2.75) is 6.42 Å². The van der Waals surface area contributed by atoms with Crippen LogP contribution < -0.4 is 11.1 Å². The molecule has 0 radical (unpaired) electrons. The molecule has 0 aliphatic heterocycles. The Kier molecular flexibility index (Phi) is 3.22. The third-order valence-corrected chi connectivity index (χ3v) is 2.47. The molecule has 0 saturated heterocycles. The van der Waals surface area contributed by atoms with Gasteiger partial charge in [0.1, 0.15) is 5.82 Å². The van der Waals surface area contributed by atoms with Crippen LogP contribution in [-0.4, -0.2) is 23.2 Å². The fourth-order valence-electron chi connectivity index (χ4n) is 1.66. The number of aliphatic hydroxyl groups excluding tert-OH is 1. The van der Waals surface area contributed by atoms with Gasteiger partial charge in [-0.3, -0.25) is 0 Å². The molecule has 84 valence electrons. The van der Waals surface area contributed by atoms with Gasteiger partial charge in [0, 0.05) is 35.8 Å². The molecular weight excluding hydrogens is 202 g/mol. The number of nitrogens with two attached hydrogens (primary N) is 1. The molecule has 1 heterocycles. The lowest BCUT2D eigenvalue weighted by molar-refractivity contribution is 0.292. The minimum Gasteiger partial charge on any atom is -0.398 e. The van der Waals surface area contributed by atoms with E-state index in [2.05, 4.69) is 10.3 Å². The largest absolute Gasteiger partial charge is 0.398 e. The summed E-state index contributed by atoms with van der Waals surface area (Å²) in [5.41, 5.74) is 6.64. The summed E-state index contributed by atoms with van der Waals surface area (Å²) in [6.45, 7) is 0.886. The van der Waals surface area contributed by atoms with Crippen molar-refractivity contribution in [2.24, 2.45) is 0 Å². The maximum absolute atomic E-state index is 8.72. The summed E-state index contributed by atoms with van der Waals surface area (Å²) in [7, 11) is 0. The Morgan fingerprint density at radius 3 is 2.94 bits per heavy atom. The molecule has 0 amide bonds. The maximum atomic E-state index is 8.72. The summed E-state index contributed by atoms with van der Waals surface area (Å²) in [5.74, 6) is 0.818. The minimum absolute atomic E-state index is 0.180. The first kappa shape index (κ1) is 10.7. The van der Waals surface area contributed by atoms with Crippen LogP contribution in [0.5, 0.6) is 0 Å². The first-order valence-electron chi connectivity index (χ1n) is 5.31. The normalized spacial score (nSPS) is 10.6. The van der Waals surface area contributed by atoms with Crippen molar-refractivity contribution < 1.29 is 5.11 Å². The molecule has 2 rings (SSSR count). The van der Waals surface area contributed by atoms with Crippen LogP contribution in [0.2, 0.25) is 0 Å². The van der Waals surface area contributed by atoms with Crippen LogP contribution in [0.3, 0.4) is 0 Å². The molecule has 0 spiro atoms. The zero-order valence-corrected chi connectivity index (χ0v) is 8.98. The van der Waals surface area contributed by atoms with Crippen molar-refractivity contribution in [1.29, 1.82) is 0 Å². The highest BCUT2D eigenvalue weighted by atomic mass is 16.3. The molecule has 0 fully saturated rings. The zero-order valence-electron chi connectivity index (χ0n) is 8.98. The van der Waals surface area contributed by atoms with Gasteiger partial charge in [-0.25, -0.2) is 4.98 Å². The number of fused-ring (bicyclic) bond motifs is 1. The number of nitrogens with zero attached hydrogens (tertiary/aromatic N) is 1. The highest BCUT2D eigenvalue weighted by Gasteiger charge is 2.03. The van der Waals surface area contributed by atoms with Gasteiger partial charge in [0.05, 0.1) is 0 Å². The van der Waals surface area contributed by atoms with Gasteiger partial charge in [-0.1, -0.05) is 12.1 Å². The van der Waals surface area contributed by atoms with Crippen molar-refractivity contribution in [2.75, 3.05) is 24.2 Å². The number of benzene rings is 1. The number of aromatic nitrogens is 1. The molecule has 1 aromatic heterocycles. The predicted octanol–water partition coefficient (Wildman–Crippen LogP) is 1.61. The van der Waals surface area contributed by atoms with E-state index < -0.39 is 0 Å². The monoisotopic (exact) mass is 217 g/mol. The average molecular weight is 217 g/mol. The van der Waals surface area contributed by atoms with E-state index in [1.165, 1.54) is 0 Å².